The monoisotopic (exact) mass is 317 g/mol. The summed E-state index contributed by atoms with van der Waals surface area (Å²) in [7, 11) is 0. The maximum Gasteiger partial charge on any atom is 0.317 e. The molecule has 3 heterocycles. The minimum atomic E-state index is -0.0202. The van der Waals surface area contributed by atoms with Crippen LogP contribution in [0.2, 0.25) is 0 Å². The maximum absolute atomic E-state index is 12.3. The first-order valence-corrected chi connectivity index (χ1v) is 8.17. The topological polar surface area (TPSA) is 71.8 Å². The first-order chi connectivity index (χ1) is 11.3. The number of carbonyl (C=O) groups is 1. The van der Waals surface area contributed by atoms with Crippen LogP contribution in [-0.4, -0.2) is 58.4 Å². The van der Waals surface area contributed by atoms with E-state index in [1.807, 2.05) is 40.6 Å². The van der Waals surface area contributed by atoms with E-state index >= 15 is 0 Å². The summed E-state index contributed by atoms with van der Waals surface area (Å²) in [5, 5.41) is 11.3. The van der Waals surface area contributed by atoms with Crippen molar-refractivity contribution in [3.63, 3.8) is 0 Å². The molecular formula is C16H23N5O2. The van der Waals surface area contributed by atoms with Gasteiger partial charge in [0.25, 0.3) is 0 Å². The molecule has 1 aliphatic heterocycles. The Kier molecular flexibility index (Phi) is 5.07. The van der Waals surface area contributed by atoms with Crippen molar-refractivity contribution in [1.82, 2.24) is 24.8 Å². The first kappa shape index (κ1) is 15.7. The van der Waals surface area contributed by atoms with Gasteiger partial charge in [-0.3, -0.25) is 4.40 Å². The van der Waals surface area contributed by atoms with Crippen LogP contribution in [0.5, 0.6) is 0 Å². The zero-order valence-corrected chi connectivity index (χ0v) is 13.4. The van der Waals surface area contributed by atoms with Crippen LogP contribution in [-0.2, 0) is 11.2 Å². The largest absolute Gasteiger partial charge is 0.381 e. The summed E-state index contributed by atoms with van der Waals surface area (Å²) in [6.07, 6.45) is 3.63. The molecule has 0 aromatic carbocycles. The number of fused-ring (bicyclic) bond motifs is 1. The molecule has 3 rings (SSSR count). The Hall–Kier alpha value is -2.15. The van der Waals surface area contributed by atoms with Gasteiger partial charge in [0.2, 0.25) is 0 Å². The Labute approximate surface area is 135 Å². The molecule has 0 bridgehead atoms. The van der Waals surface area contributed by atoms with E-state index in [1.165, 1.54) is 0 Å². The number of pyridine rings is 1. The Morgan fingerprint density at radius 1 is 1.48 bits per heavy atom. The number of ether oxygens (including phenoxy) is 1. The molecule has 1 atom stereocenters. The summed E-state index contributed by atoms with van der Waals surface area (Å²) in [6, 6.07) is 5.77. The average Bonchev–Trinajstić information content (AvgIpc) is 3.22. The molecule has 1 saturated heterocycles. The van der Waals surface area contributed by atoms with Crippen molar-refractivity contribution in [2.75, 3.05) is 32.8 Å². The summed E-state index contributed by atoms with van der Waals surface area (Å²) in [6.45, 7) is 5.58. The molecular weight excluding hydrogens is 294 g/mol. The normalized spacial score (nSPS) is 17.5. The van der Waals surface area contributed by atoms with Gasteiger partial charge in [-0.15, -0.1) is 10.2 Å². The van der Waals surface area contributed by atoms with Crippen molar-refractivity contribution in [2.45, 2.75) is 19.8 Å². The number of carbonyl (C=O) groups excluding carboxylic acids is 1. The lowest BCUT2D eigenvalue weighted by molar-refractivity contribution is 0.166. The molecule has 2 aromatic heterocycles. The quantitative estimate of drug-likeness (QED) is 0.873. The lowest BCUT2D eigenvalue weighted by Crippen LogP contribution is -2.43. The van der Waals surface area contributed by atoms with Gasteiger partial charge in [0.05, 0.1) is 6.61 Å². The van der Waals surface area contributed by atoms with E-state index in [1.54, 1.807) is 0 Å². The van der Waals surface area contributed by atoms with Gasteiger partial charge in [0.15, 0.2) is 5.65 Å². The van der Waals surface area contributed by atoms with E-state index in [4.69, 9.17) is 4.74 Å². The van der Waals surface area contributed by atoms with Crippen LogP contribution in [0.25, 0.3) is 5.65 Å². The second kappa shape index (κ2) is 7.41. The van der Waals surface area contributed by atoms with Gasteiger partial charge in [-0.05, 0) is 25.5 Å². The molecule has 0 radical (unpaired) electrons. The van der Waals surface area contributed by atoms with Gasteiger partial charge in [0.1, 0.15) is 5.82 Å². The zero-order valence-electron chi connectivity index (χ0n) is 13.4. The minimum absolute atomic E-state index is 0.0202. The van der Waals surface area contributed by atoms with E-state index in [0.717, 1.165) is 37.7 Å². The third kappa shape index (κ3) is 3.79. The molecule has 23 heavy (non-hydrogen) atoms. The van der Waals surface area contributed by atoms with Crippen molar-refractivity contribution in [2.24, 2.45) is 5.92 Å². The van der Waals surface area contributed by atoms with E-state index in [9.17, 15) is 4.79 Å². The van der Waals surface area contributed by atoms with Gasteiger partial charge in [-0.1, -0.05) is 6.07 Å². The van der Waals surface area contributed by atoms with E-state index < -0.39 is 0 Å². The Balaban J connectivity index is 1.49. The van der Waals surface area contributed by atoms with Crippen LogP contribution in [0, 0.1) is 5.92 Å². The molecule has 0 spiro atoms. The third-order valence-electron chi connectivity index (χ3n) is 4.18. The molecule has 0 saturated carbocycles. The molecule has 124 valence electrons. The fourth-order valence-corrected chi connectivity index (χ4v) is 2.85. The summed E-state index contributed by atoms with van der Waals surface area (Å²) < 4.78 is 7.32. The van der Waals surface area contributed by atoms with Crippen molar-refractivity contribution < 1.29 is 9.53 Å². The van der Waals surface area contributed by atoms with Crippen LogP contribution >= 0.6 is 0 Å². The molecule has 2 amide bonds. The van der Waals surface area contributed by atoms with Crippen molar-refractivity contribution in [3.8, 4) is 0 Å². The Bertz CT molecular complexity index is 651. The SMILES string of the molecule is CCN(C[C@H]1CCOC1)C(=O)NCCc1nnc2ccccn12. The highest BCUT2D eigenvalue weighted by Gasteiger charge is 2.21. The zero-order chi connectivity index (χ0) is 16.1. The van der Waals surface area contributed by atoms with Crippen LogP contribution in [0.3, 0.4) is 0 Å². The number of hydrogen-bond acceptors (Lipinski definition) is 4. The van der Waals surface area contributed by atoms with Crippen LogP contribution in [0.15, 0.2) is 24.4 Å². The maximum atomic E-state index is 12.3. The molecule has 1 N–H and O–H groups in total. The molecule has 2 aromatic rings. The average molecular weight is 317 g/mol. The van der Waals surface area contributed by atoms with E-state index in [-0.39, 0.29) is 6.03 Å². The number of amides is 2. The van der Waals surface area contributed by atoms with Gasteiger partial charge >= 0.3 is 6.03 Å². The molecule has 7 heteroatoms. The summed E-state index contributed by atoms with van der Waals surface area (Å²) in [4.78, 5) is 14.1. The lowest BCUT2D eigenvalue weighted by atomic mass is 10.1. The van der Waals surface area contributed by atoms with Gasteiger partial charge in [-0.25, -0.2) is 4.79 Å². The predicted octanol–water partition coefficient (Wildman–Crippen LogP) is 1.34. The number of hydrogen-bond donors (Lipinski definition) is 1. The molecule has 0 aliphatic carbocycles. The smallest absolute Gasteiger partial charge is 0.317 e. The van der Waals surface area contributed by atoms with Gasteiger partial charge < -0.3 is 15.0 Å². The minimum Gasteiger partial charge on any atom is -0.381 e. The summed E-state index contributed by atoms with van der Waals surface area (Å²) in [5.41, 5.74) is 0.824. The van der Waals surface area contributed by atoms with Crippen molar-refractivity contribution >= 4 is 11.7 Å². The van der Waals surface area contributed by atoms with E-state index in [0.29, 0.717) is 25.4 Å². The van der Waals surface area contributed by atoms with Crippen LogP contribution in [0.1, 0.15) is 19.2 Å². The standard InChI is InChI=1S/C16H23N5O2/c1-2-20(11-13-7-10-23-12-13)16(22)17-8-6-15-19-18-14-5-3-4-9-21(14)15/h3-5,9,13H,2,6-8,10-12H2,1H3,(H,17,22)/t13-/m1/s1. The second-order valence-corrected chi connectivity index (χ2v) is 5.80. The summed E-state index contributed by atoms with van der Waals surface area (Å²) in [5.74, 6) is 1.31. The van der Waals surface area contributed by atoms with E-state index in [2.05, 4.69) is 15.5 Å². The third-order valence-corrected chi connectivity index (χ3v) is 4.18. The lowest BCUT2D eigenvalue weighted by Gasteiger charge is -2.24. The second-order valence-electron chi connectivity index (χ2n) is 5.80. The van der Waals surface area contributed by atoms with Crippen LogP contribution < -0.4 is 5.32 Å². The van der Waals surface area contributed by atoms with Crippen molar-refractivity contribution in [3.05, 3.63) is 30.2 Å². The Morgan fingerprint density at radius 2 is 2.39 bits per heavy atom. The Morgan fingerprint density at radius 3 is 3.17 bits per heavy atom. The number of rotatable bonds is 6. The number of nitrogens with one attached hydrogen (secondary N) is 1. The number of urea groups is 1. The predicted molar refractivity (Wildman–Crippen MR) is 86.3 cm³/mol. The first-order valence-electron chi connectivity index (χ1n) is 8.17. The van der Waals surface area contributed by atoms with Gasteiger partial charge in [0, 0.05) is 44.8 Å². The molecule has 1 fully saturated rings. The highest BCUT2D eigenvalue weighted by atomic mass is 16.5. The number of aromatic nitrogens is 3. The summed E-state index contributed by atoms with van der Waals surface area (Å²) >= 11 is 0. The highest BCUT2D eigenvalue weighted by Crippen LogP contribution is 2.13. The molecule has 0 unspecified atom stereocenters. The fourth-order valence-electron chi connectivity index (χ4n) is 2.85. The van der Waals surface area contributed by atoms with Crippen LogP contribution in [0.4, 0.5) is 4.79 Å². The van der Waals surface area contributed by atoms with Gasteiger partial charge in [-0.2, -0.15) is 0 Å². The molecule has 7 nitrogen and oxygen atoms in total. The number of nitrogens with zero attached hydrogens (tertiary/aromatic N) is 4. The fraction of sp³-hybridized carbons (Fsp3) is 0.562. The molecule has 1 aliphatic rings. The highest BCUT2D eigenvalue weighted by molar-refractivity contribution is 5.74. The van der Waals surface area contributed by atoms with Crippen molar-refractivity contribution in [1.29, 1.82) is 0 Å².